The highest BCUT2D eigenvalue weighted by Crippen LogP contribution is 2.30. The maximum Gasteiger partial charge on any atom is 0.246 e. The molecule has 2 aromatic heterocycles. The number of nitrogens with zero attached hydrogens (tertiary/aromatic N) is 5. The van der Waals surface area contributed by atoms with Crippen LogP contribution in [0.25, 0.3) is 11.4 Å². The number of hydrogen-bond acceptors (Lipinski definition) is 7. The van der Waals surface area contributed by atoms with E-state index in [0.29, 0.717) is 35.2 Å². The Kier molecular flexibility index (Phi) is 5.68. The molecule has 3 heterocycles. The van der Waals surface area contributed by atoms with Gasteiger partial charge < -0.3 is 14.9 Å². The summed E-state index contributed by atoms with van der Waals surface area (Å²) in [7, 11) is 6.03. The van der Waals surface area contributed by atoms with E-state index in [9.17, 15) is 0 Å². The molecule has 1 atom stereocenters. The summed E-state index contributed by atoms with van der Waals surface area (Å²) in [6.45, 7) is 1.56. The predicted octanol–water partition coefficient (Wildman–Crippen LogP) is 3.16. The minimum Gasteiger partial charge on any atom is -0.437 e. The van der Waals surface area contributed by atoms with Crippen molar-refractivity contribution >= 4 is 13.7 Å². The molecular weight excluding hydrogens is 363 g/mol. The van der Waals surface area contributed by atoms with E-state index in [-0.39, 0.29) is 6.04 Å². The molecule has 1 N–H and O–H groups in total. The van der Waals surface area contributed by atoms with Crippen molar-refractivity contribution in [3.63, 3.8) is 0 Å². The molecule has 0 aliphatic carbocycles. The second kappa shape index (κ2) is 8.71. The van der Waals surface area contributed by atoms with Gasteiger partial charge in [-0.05, 0) is 49.7 Å². The number of ether oxygens (including phenoxy) is 1. The van der Waals surface area contributed by atoms with E-state index in [2.05, 4.69) is 26.3 Å². The first-order valence-electron chi connectivity index (χ1n) is 9.43. The smallest absolute Gasteiger partial charge is 0.246 e. The van der Waals surface area contributed by atoms with E-state index in [1.54, 1.807) is 42.9 Å². The summed E-state index contributed by atoms with van der Waals surface area (Å²) in [6.07, 6.45) is 7.23. The Labute approximate surface area is 170 Å². The number of anilines is 1. The second-order valence-corrected chi connectivity index (χ2v) is 6.81. The monoisotopic (exact) mass is 382 g/mol. The van der Waals surface area contributed by atoms with Crippen LogP contribution in [0.1, 0.15) is 18.4 Å². The minimum atomic E-state index is 0.253. The van der Waals surface area contributed by atoms with Crippen molar-refractivity contribution in [3.8, 4) is 29.1 Å². The lowest BCUT2D eigenvalue weighted by Gasteiger charge is -2.21. The predicted molar refractivity (Wildman–Crippen MR) is 110 cm³/mol. The summed E-state index contributed by atoms with van der Waals surface area (Å²) in [5.41, 5.74) is 1.97. The summed E-state index contributed by atoms with van der Waals surface area (Å²) in [6, 6.07) is 13.0. The molecule has 0 spiro atoms. The van der Waals surface area contributed by atoms with Gasteiger partial charge in [-0.3, -0.25) is 4.98 Å². The zero-order valence-corrected chi connectivity index (χ0v) is 15.8. The highest BCUT2D eigenvalue weighted by Gasteiger charge is 2.21. The van der Waals surface area contributed by atoms with Crippen molar-refractivity contribution in [1.29, 1.82) is 5.26 Å². The largest absolute Gasteiger partial charge is 0.437 e. The number of pyridine rings is 1. The van der Waals surface area contributed by atoms with Crippen LogP contribution >= 0.6 is 0 Å². The molecule has 0 amide bonds. The maximum absolute atomic E-state index is 9.14. The van der Waals surface area contributed by atoms with Crippen LogP contribution in [0.2, 0.25) is 0 Å². The standard InChI is InChI=1S/C21H19BN6O/c22-28-9-3-6-17(28)13-25-19-14-26-20(16-5-2-8-24-12-16)27-21(19)29-18-7-1-4-15(10-18)11-23/h1-2,4-5,7-8,10,12,14,17,25H,3,6,9,13H2/t17-/m0/s1. The normalized spacial score (nSPS) is 16.3. The Morgan fingerprint density at radius 1 is 1.28 bits per heavy atom. The molecule has 1 aliphatic heterocycles. The van der Waals surface area contributed by atoms with Gasteiger partial charge >= 0.3 is 0 Å². The molecule has 1 aliphatic rings. The van der Waals surface area contributed by atoms with Gasteiger partial charge in [0.15, 0.2) is 13.8 Å². The van der Waals surface area contributed by atoms with Gasteiger partial charge in [-0.1, -0.05) is 6.07 Å². The van der Waals surface area contributed by atoms with Crippen LogP contribution < -0.4 is 10.1 Å². The summed E-state index contributed by atoms with van der Waals surface area (Å²) in [4.78, 5) is 15.0. The van der Waals surface area contributed by atoms with Gasteiger partial charge in [-0.2, -0.15) is 10.2 Å². The topological polar surface area (TPSA) is 87.0 Å². The highest BCUT2D eigenvalue weighted by atomic mass is 16.5. The van der Waals surface area contributed by atoms with Gasteiger partial charge in [0.1, 0.15) is 11.4 Å². The van der Waals surface area contributed by atoms with E-state index < -0.39 is 0 Å². The van der Waals surface area contributed by atoms with E-state index in [4.69, 9.17) is 18.0 Å². The van der Waals surface area contributed by atoms with E-state index in [0.717, 1.165) is 24.9 Å². The minimum absolute atomic E-state index is 0.253. The molecule has 29 heavy (non-hydrogen) atoms. The van der Waals surface area contributed by atoms with E-state index in [1.807, 2.05) is 16.9 Å². The molecule has 1 saturated heterocycles. The first-order chi connectivity index (χ1) is 14.2. The zero-order valence-electron chi connectivity index (χ0n) is 15.8. The first kappa shape index (κ1) is 18.9. The number of nitriles is 1. The summed E-state index contributed by atoms with van der Waals surface area (Å²) in [5.74, 6) is 1.43. The maximum atomic E-state index is 9.14. The van der Waals surface area contributed by atoms with Crippen molar-refractivity contribution < 1.29 is 4.74 Å². The van der Waals surface area contributed by atoms with Gasteiger partial charge in [0.25, 0.3) is 0 Å². The van der Waals surface area contributed by atoms with Gasteiger partial charge in [0.2, 0.25) is 5.88 Å². The van der Waals surface area contributed by atoms with Crippen LogP contribution in [0.15, 0.2) is 55.0 Å². The lowest BCUT2D eigenvalue weighted by atomic mass is 10.2. The van der Waals surface area contributed by atoms with Crippen molar-refractivity contribution in [1.82, 2.24) is 19.8 Å². The van der Waals surface area contributed by atoms with E-state index >= 15 is 0 Å². The molecular formula is C21H19BN6O. The molecule has 4 rings (SSSR count). The molecule has 1 fully saturated rings. The number of nitrogens with one attached hydrogen (secondary N) is 1. The highest BCUT2D eigenvalue weighted by molar-refractivity contribution is 6.04. The van der Waals surface area contributed by atoms with Crippen LogP contribution in [-0.2, 0) is 0 Å². The van der Waals surface area contributed by atoms with Gasteiger partial charge in [-0.25, -0.2) is 4.98 Å². The third-order valence-corrected chi connectivity index (χ3v) is 4.80. The molecule has 0 unspecified atom stereocenters. The zero-order chi connectivity index (χ0) is 20.1. The number of aromatic nitrogens is 3. The molecule has 8 heteroatoms. The van der Waals surface area contributed by atoms with Gasteiger partial charge in [0.05, 0.1) is 17.8 Å². The fourth-order valence-corrected chi connectivity index (χ4v) is 3.25. The average molecular weight is 382 g/mol. The van der Waals surface area contributed by atoms with Gasteiger partial charge in [-0.15, -0.1) is 0 Å². The van der Waals surface area contributed by atoms with Crippen LogP contribution in [-0.4, -0.2) is 46.9 Å². The van der Waals surface area contributed by atoms with Crippen LogP contribution in [0.5, 0.6) is 11.6 Å². The van der Waals surface area contributed by atoms with Crippen molar-refractivity contribution in [2.24, 2.45) is 0 Å². The Morgan fingerprint density at radius 2 is 2.21 bits per heavy atom. The average Bonchev–Trinajstić information content (AvgIpc) is 3.18. The lowest BCUT2D eigenvalue weighted by Crippen LogP contribution is -2.32. The number of rotatable bonds is 6. The van der Waals surface area contributed by atoms with Gasteiger partial charge in [0, 0.05) is 30.5 Å². The Balaban J connectivity index is 1.63. The molecule has 0 saturated carbocycles. The third-order valence-electron chi connectivity index (χ3n) is 4.80. The fourth-order valence-electron chi connectivity index (χ4n) is 3.25. The van der Waals surface area contributed by atoms with Crippen LogP contribution in [0.3, 0.4) is 0 Å². The summed E-state index contributed by atoms with van der Waals surface area (Å²) in [5, 5.41) is 12.5. The molecule has 0 bridgehead atoms. The van der Waals surface area contributed by atoms with Crippen molar-refractivity contribution in [2.45, 2.75) is 18.9 Å². The van der Waals surface area contributed by atoms with Crippen molar-refractivity contribution in [3.05, 3.63) is 60.6 Å². The van der Waals surface area contributed by atoms with Crippen LogP contribution in [0.4, 0.5) is 5.69 Å². The Morgan fingerprint density at radius 3 is 2.97 bits per heavy atom. The molecule has 142 valence electrons. The first-order valence-corrected chi connectivity index (χ1v) is 9.43. The fraction of sp³-hybridized carbons (Fsp3) is 0.238. The van der Waals surface area contributed by atoms with Crippen LogP contribution in [0, 0.1) is 11.3 Å². The van der Waals surface area contributed by atoms with E-state index in [1.165, 1.54) is 0 Å². The second-order valence-electron chi connectivity index (χ2n) is 6.81. The molecule has 3 aromatic rings. The number of benzene rings is 1. The summed E-state index contributed by atoms with van der Waals surface area (Å²) < 4.78 is 6.03. The Hall–Kier alpha value is -3.44. The quantitative estimate of drug-likeness (QED) is 0.656. The number of hydrogen-bond donors (Lipinski definition) is 1. The van der Waals surface area contributed by atoms with Crippen molar-refractivity contribution in [2.75, 3.05) is 18.4 Å². The molecule has 7 nitrogen and oxygen atoms in total. The third kappa shape index (κ3) is 4.53. The molecule has 2 radical (unpaired) electrons. The molecule has 1 aromatic carbocycles. The lowest BCUT2D eigenvalue weighted by molar-refractivity contribution is 0.433. The Bertz CT molecular complexity index is 1020. The summed E-state index contributed by atoms with van der Waals surface area (Å²) >= 11 is 0. The SMILES string of the molecule is [B]N1CCC[C@H]1CNc1cnc(-c2cccnc2)nc1Oc1cccc(C#N)c1.